The Labute approximate surface area is 168 Å². The lowest BCUT2D eigenvalue weighted by atomic mass is 9.83. The second kappa shape index (κ2) is 7.75. The number of carbonyl (C=O) groups is 1. The van der Waals surface area contributed by atoms with Crippen molar-refractivity contribution in [2.75, 3.05) is 6.54 Å². The summed E-state index contributed by atoms with van der Waals surface area (Å²) in [5.41, 5.74) is 0.916. The van der Waals surface area contributed by atoms with Gasteiger partial charge in [0.2, 0.25) is 0 Å². The van der Waals surface area contributed by atoms with Crippen LogP contribution in [0.3, 0.4) is 0 Å². The minimum absolute atomic E-state index is 0.0323. The van der Waals surface area contributed by atoms with Crippen LogP contribution in [0.4, 0.5) is 4.79 Å². The Morgan fingerprint density at radius 1 is 1.21 bits per heavy atom. The van der Waals surface area contributed by atoms with Gasteiger partial charge >= 0.3 is 6.09 Å². The lowest BCUT2D eigenvalue weighted by Crippen LogP contribution is -2.26. The van der Waals surface area contributed by atoms with Crippen LogP contribution in [0.2, 0.25) is 0 Å². The van der Waals surface area contributed by atoms with Gasteiger partial charge in [-0.1, -0.05) is 18.9 Å². The van der Waals surface area contributed by atoms with E-state index in [2.05, 4.69) is 37.6 Å². The molecule has 0 bridgehead atoms. The van der Waals surface area contributed by atoms with E-state index in [-0.39, 0.29) is 5.41 Å². The highest BCUT2D eigenvalue weighted by Crippen LogP contribution is 2.47. The van der Waals surface area contributed by atoms with Gasteiger partial charge in [-0.2, -0.15) is 0 Å². The standard InChI is InChI=1S/C21H24N4O2S/c1-3-22-20(26)27-16-10-8-15(9-11-16)18-23-24-19(25(18)2)21(12-4-5-13-21)17-7-6-14-28-17/h6-11,14H,3-5,12-13H2,1-2H3,(H,22,26). The second-order valence-corrected chi connectivity index (χ2v) is 8.06. The molecule has 2 heterocycles. The molecule has 1 saturated carbocycles. The summed E-state index contributed by atoms with van der Waals surface area (Å²) in [7, 11) is 2.04. The van der Waals surface area contributed by atoms with Crippen molar-refractivity contribution in [3.05, 3.63) is 52.5 Å². The monoisotopic (exact) mass is 396 g/mol. The minimum Gasteiger partial charge on any atom is -0.410 e. The minimum atomic E-state index is -0.449. The molecule has 4 rings (SSSR count). The van der Waals surface area contributed by atoms with E-state index in [1.807, 2.05) is 26.1 Å². The number of hydrogen-bond donors (Lipinski definition) is 1. The summed E-state index contributed by atoms with van der Waals surface area (Å²) in [6.45, 7) is 2.38. The van der Waals surface area contributed by atoms with E-state index >= 15 is 0 Å². The third-order valence-corrected chi connectivity index (χ3v) is 6.47. The van der Waals surface area contributed by atoms with Crippen molar-refractivity contribution < 1.29 is 9.53 Å². The molecule has 0 aliphatic heterocycles. The predicted molar refractivity (Wildman–Crippen MR) is 110 cm³/mol. The summed E-state index contributed by atoms with van der Waals surface area (Å²) < 4.78 is 7.35. The van der Waals surface area contributed by atoms with Crippen LogP contribution in [0.5, 0.6) is 5.75 Å². The number of amides is 1. The van der Waals surface area contributed by atoms with E-state index in [0.29, 0.717) is 12.3 Å². The molecule has 28 heavy (non-hydrogen) atoms. The van der Waals surface area contributed by atoms with Crippen molar-refractivity contribution in [2.45, 2.75) is 38.0 Å². The molecule has 2 aromatic heterocycles. The van der Waals surface area contributed by atoms with Gasteiger partial charge in [-0.3, -0.25) is 0 Å². The zero-order valence-electron chi connectivity index (χ0n) is 16.1. The molecule has 0 atom stereocenters. The van der Waals surface area contributed by atoms with Crippen LogP contribution in [-0.2, 0) is 12.5 Å². The molecular formula is C21H24N4O2S. The van der Waals surface area contributed by atoms with E-state index in [0.717, 1.165) is 30.1 Å². The van der Waals surface area contributed by atoms with Gasteiger partial charge in [-0.05, 0) is 55.5 Å². The Hall–Kier alpha value is -2.67. The number of nitrogens with zero attached hydrogens (tertiary/aromatic N) is 3. The molecule has 1 aliphatic carbocycles. The Kier molecular flexibility index (Phi) is 5.17. The topological polar surface area (TPSA) is 69.0 Å². The van der Waals surface area contributed by atoms with E-state index in [4.69, 9.17) is 4.74 Å². The van der Waals surface area contributed by atoms with Gasteiger partial charge < -0.3 is 14.6 Å². The fraction of sp³-hybridized carbons (Fsp3) is 0.381. The number of thiophene rings is 1. The third-order valence-electron chi connectivity index (χ3n) is 5.40. The van der Waals surface area contributed by atoms with Crippen molar-refractivity contribution in [1.82, 2.24) is 20.1 Å². The third kappa shape index (κ3) is 3.30. The molecule has 1 N–H and O–H groups in total. The molecule has 1 amide bonds. The van der Waals surface area contributed by atoms with Crippen molar-refractivity contribution >= 4 is 17.4 Å². The average molecular weight is 397 g/mol. The van der Waals surface area contributed by atoms with Crippen molar-refractivity contribution in [2.24, 2.45) is 7.05 Å². The number of ether oxygens (including phenoxy) is 1. The molecule has 3 aromatic rings. The summed E-state index contributed by atoms with van der Waals surface area (Å²) in [4.78, 5) is 12.9. The highest BCUT2D eigenvalue weighted by atomic mass is 32.1. The normalized spacial score (nSPS) is 15.5. The summed E-state index contributed by atoms with van der Waals surface area (Å²) in [6.07, 6.45) is 4.20. The van der Waals surface area contributed by atoms with E-state index in [1.165, 1.54) is 17.7 Å². The fourth-order valence-corrected chi connectivity index (χ4v) is 5.05. The first-order valence-corrected chi connectivity index (χ1v) is 10.5. The zero-order chi connectivity index (χ0) is 19.6. The van der Waals surface area contributed by atoms with Crippen LogP contribution >= 0.6 is 11.3 Å². The number of aromatic nitrogens is 3. The Morgan fingerprint density at radius 2 is 1.96 bits per heavy atom. The molecule has 1 aliphatic rings. The van der Waals surface area contributed by atoms with Crippen LogP contribution in [0.25, 0.3) is 11.4 Å². The van der Waals surface area contributed by atoms with Crippen LogP contribution in [0.1, 0.15) is 43.3 Å². The maximum atomic E-state index is 11.6. The molecule has 7 heteroatoms. The molecule has 0 spiro atoms. The molecule has 6 nitrogen and oxygen atoms in total. The quantitative estimate of drug-likeness (QED) is 0.689. The molecule has 0 saturated heterocycles. The van der Waals surface area contributed by atoms with Gasteiger partial charge in [-0.25, -0.2) is 4.79 Å². The van der Waals surface area contributed by atoms with Gasteiger partial charge in [-0.15, -0.1) is 21.5 Å². The van der Waals surface area contributed by atoms with E-state index in [9.17, 15) is 4.79 Å². The average Bonchev–Trinajstić information content (AvgIpc) is 3.44. The van der Waals surface area contributed by atoms with Crippen LogP contribution in [-0.4, -0.2) is 27.4 Å². The van der Waals surface area contributed by atoms with Crippen molar-refractivity contribution in [3.8, 4) is 17.1 Å². The number of carbonyl (C=O) groups excluding carboxylic acids is 1. The van der Waals surface area contributed by atoms with Gasteiger partial charge in [0.15, 0.2) is 5.82 Å². The lowest BCUT2D eigenvalue weighted by molar-refractivity contribution is 0.201. The molecule has 1 fully saturated rings. The Morgan fingerprint density at radius 3 is 2.61 bits per heavy atom. The molecular weight excluding hydrogens is 372 g/mol. The Balaban J connectivity index is 1.63. The fourth-order valence-electron chi connectivity index (χ4n) is 4.07. The second-order valence-electron chi connectivity index (χ2n) is 7.12. The van der Waals surface area contributed by atoms with Gasteiger partial charge in [0, 0.05) is 24.0 Å². The Bertz CT molecular complexity index is 941. The summed E-state index contributed by atoms with van der Waals surface area (Å²) in [5.74, 6) is 2.36. The number of nitrogens with one attached hydrogen (secondary N) is 1. The molecule has 0 radical (unpaired) electrons. The molecule has 0 unspecified atom stereocenters. The van der Waals surface area contributed by atoms with Crippen LogP contribution in [0.15, 0.2) is 41.8 Å². The number of hydrogen-bond acceptors (Lipinski definition) is 5. The number of rotatable bonds is 5. The highest BCUT2D eigenvalue weighted by molar-refractivity contribution is 7.10. The highest BCUT2D eigenvalue weighted by Gasteiger charge is 2.42. The van der Waals surface area contributed by atoms with Gasteiger partial charge in [0.05, 0.1) is 5.41 Å². The van der Waals surface area contributed by atoms with E-state index in [1.54, 1.807) is 23.5 Å². The predicted octanol–water partition coefficient (Wildman–Crippen LogP) is 4.51. The van der Waals surface area contributed by atoms with Crippen molar-refractivity contribution in [3.63, 3.8) is 0 Å². The first kappa shape index (κ1) is 18.7. The van der Waals surface area contributed by atoms with Gasteiger partial charge in [0.1, 0.15) is 11.6 Å². The first-order chi connectivity index (χ1) is 13.6. The first-order valence-electron chi connectivity index (χ1n) is 9.64. The van der Waals surface area contributed by atoms with Crippen molar-refractivity contribution in [1.29, 1.82) is 0 Å². The van der Waals surface area contributed by atoms with Crippen LogP contribution < -0.4 is 10.1 Å². The SMILES string of the molecule is CCNC(=O)Oc1ccc(-c2nnc(C3(c4cccs4)CCCC3)n2C)cc1. The summed E-state index contributed by atoms with van der Waals surface area (Å²) in [6, 6.07) is 11.7. The zero-order valence-corrected chi connectivity index (χ0v) is 17.0. The molecule has 1 aromatic carbocycles. The van der Waals surface area contributed by atoms with Crippen LogP contribution in [0, 0.1) is 0 Å². The molecule has 146 valence electrons. The van der Waals surface area contributed by atoms with Gasteiger partial charge in [0.25, 0.3) is 0 Å². The largest absolute Gasteiger partial charge is 0.412 e. The lowest BCUT2D eigenvalue weighted by Gasteiger charge is -2.26. The maximum Gasteiger partial charge on any atom is 0.412 e. The summed E-state index contributed by atoms with van der Waals surface area (Å²) in [5, 5.41) is 13.9. The maximum absolute atomic E-state index is 11.6. The van der Waals surface area contributed by atoms with E-state index < -0.39 is 6.09 Å². The number of benzene rings is 1. The summed E-state index contributed by atoms with van der Waals surface area (Å²) >= 11 is 1.80. The smallest absolute Gasteiger partial charge is 0.410 e.